The van der Waals surface area contributed by atoms with Crippen molar-refractivity contribution in [3.05, 3.63) is 67.1 Å². The summed E-state index contributed by atoms with van der Waals surface area (Å²) in [7, 11) is 0. The van der Waals surface area contributed by atoms with Gasteiger partial charge in [0.05, 0.1) is 20.7 Å². The molecule has 0 aliphatic carbocycles. The first-order valence-corrected chi connectivity index (χ1v) is 8.24. The largest absolute Gasteiger partial charge is 0.449 e. The molecule has 26 heavy (non-hydrogen) atoms. The van der Waals surface area contributed by atoms with Crippen molar-refractivity contribution < 1.29 is 19.2 Å². The molecule has 0 aromatic heterocycles. The molecule has 0 bridgehead atoms. The van der Waals surface area contributed by atoms with Crippen LogP contribution in [0.1, 0.15) is 17.3 Å². The number of rotatable bonds is 5. The molecular weight excluding hydrogens is 407 g/mol. The smallest absolute Gasteiger partial charge is 0.345 e. The van der Waals surface area contributed by atoms with Crippen molar-refractivity contribution in [3.63, 3.8) is 0 Å². The Morgan fingerprint density at radius 2 is 1.88 bits per heavy atom. The number of nitro benzene ring substituents is 1. The minimum Gasteiger partial charge on any atom is -0.449 e. The van der Waals surface area contributed by atoms with Crippen molar-refractivity contribution in [3.8, 4) is 0 Å². The van der Waals surface area contributed by atoms with Gasteiger partial charge in [0, 0.05) is 11.1 Å². The van der Waals surface area contributed by atoms with E-state index in [9.17, 15) is 19.7 Å². The highest BCUT2D eigenvalue weighted by atomic mass is 35.5. The Hall–Kier alpha value is -2.35. The van der Waals surface area contributed by atoms with Crippen molar-refractivity contribution in [2.45, 2.75) is 13.0 Å². The van der Waals surface area contributed by atoms with Gasteiger partial charge < -0.3 is 10.1 Å². The number of hydrogen-bond donors (Lipinski definition) is 1. The Labute approximate surface area is 162 Å². The summed E-state index contributed by atoms with van der Waals surface area (Å²) in [6.45, 7) is 1.31. The molecule has 136 valence electrons. The summed E-state index contributed by atoms with van der Waals surface area (Å²) in [4.78, 5) is 34.6. The molecule has 0 aliphatic heterocycles. The van der Waals surface area contributed by atoms with Gasteiger partial charge >= 0.3 is 5.97 Å². The topological polar surface area (TPSA) is 98.5 Å². The maximum absolute atomic E-state index is 12.2. The number of hydrogen-bond acceptors (Lipinski definition) is 5. The molecule has 10 heteroatoms. The van der Waals surface area contributed by atoms with E-state index in [2.05, 4.69) is 5.32 Å². The van der Waals surface area contributed by atoms with E-state index in [4.69, 9.17) is 39.5 Å². The lowest BCUT2D eigenvalue weighted by atomic mass is 10.2. The minimum atomic E-state index is -1.24. The van der Waals surface area contributed by atoms with E-state index in [1.165, 1.54) is 19.1 Å². The van der Waals surface area contributed by atoms with Crippen molar-refractivity contribution in [2.75, 3.05) is 5.32 Å². The number of nitrogens with one attached hydrogen (secondary N) is 1. The molecule has 0 spiro atoms. The summed E-state index contributed by atoms with van der Waals surface area (Å²) >= 11 is 17.5. The van der Waals surface area contributed by atoms with E-state index in [1.54, 1.807) is 12.1 Å². The SMILES string of the molecule is CC(OC(=O)c1ccc(Cl)cc1[N+](=O)[O-])C(=O)Nc1cccc(Cl)c1Cl. The first kappa shape index (κ1) is 20.0. The van der Waals surface area contributed by atoms with Crippen molar-refractivity contribution >= 4 is 58.1 Å². The summed E-state index contributed by atoms with van der Waals surface area (Å²) in [5.74, 6) is -1.72. The van der Waals surface area contributed by atoms with Crippen LogP contribution in [0.15, 0.2) is 36.4 Å². The standard InChI is InChI=1S/C16H11Cl3N2O5/c1-8(15(22)20-12-4-2-3-11(18)14(12)19)26-16(23)10-6-5-9(17)7-13(10)21(24)25/h2-8H,1H3,(H,20,22). The van der Waals surface area contributed by atoms with Crippen LogP contribution < -0.4 is 5.32 Å². The van der Waals surface area contributed by atoms with Crippen LogP contribution in [-0.4, -0.2) is 22.9 Å². The highest BCUT2D eigenvalue weighted by Gasteiger charge is 2.26. The number of halogens is 3. The van der Waals surface area contributed by atoms with Gasteiger partial charge in [-0.05, 0) is 31.2 Å². The number of ether oxygens (including phenoxy) is 1. The van der Waals surface area contributed by atoms with E-state index in [-0.39, 0.29) is 26.3 Å². The maximum atomic E-state index is 12.2. The van der Waals surface area contributed by atoms with E-state index in [1.807, 2.05) is 0 Å². The lowest BCUT2D eigenvalue weighted by Crippen LogP contribution is -2.30. The quantitative estimate of drug-likeness (QED) is 0.430. The molecule has 2 rings (SSSR count). The van der Waals surface area contributed by atoms with Crippen LogP contribution in [0.5, 0.6) is 0 Å². The first-order valence-electron chi connectivity index (χ1n) is 7.10. The zero-order valence-electron chi connectivity index (χ0n) is 13.2. The Morgan fingerprint density at radius 3 is 2.54 bits per heavy atom. The van der Waals surface area contributed by atoms with Gasteiger partial charge in [0.15, 0.2) is 6.10 Å². The molecule has 2 aromatic rings. The first-order chi connectivity index (χ1) is 12.2. The van der Waals surface area contributed by atoms with Gasteiger partial charge in [-0.25, -0.2) is 4.79 Å². The van der Waals surface area contributed by atoms with Crippen molar-refractivity contribution in [2.24, 2.45) is 0 Å². The zero-order valence-corrected chi connectivity index (χ0v) is 15.4. The van der Waals surface area contributed by atoms with Crippen LogP contribution in [0.2, 0.25) is 15.1 Å². The number of amides is 1. The van der Waals surface area contributed by atoms with E-state index < -0.39 is 28.6 Å². The molecule has 0 aliphatic rings. The summed E-state index contributed by atoms with van der Waals surface area (Å²) in [6.07, 6.45) is -1.24. The third-order valence-corrected chi connectivity index (χ3v) is 4.29. The predicted octanol–water partition coefficient (Wildman–Crippen LogP) is 4.74. The molecule has 1 atom stereocenters. The summed E-state index contributed by atoms with van der Waals surface area (Å²) in [5.41, 5.74) is -0.600. The van der Waals surface area contributed by atoms with Crippen LogP contribution in [0.4, 0.5) is 11.4 Å². The number of nitrogens with zero attached hydrogens (tertiary/aromatic N) is 1. The highest BCUT2D eigenvalue weighted by Crippen LogP contribution is 2.30. The molecule has 1 amide bonds. The van der Waals surface area contributed by atoms with Gasteiger partial charge in [0.1, 0.15) is 5.56 Å². The lowest BCUT2D eigenvalue weighted by molar-refractivity contribution is -0.385. The van der Waals surface area contributed by atoms with Gasteiger partial charge in [0.2, 0.25) is 0 Å². The molecule has 2 aromatic carbocycles. The molecule has 0 saturated heterocycles. The molecule has 1 N–H and O–H groups in total. The van der Waals surface area contributed by atoms with Crippen molar-refractivity contribution in [1.82, 2.24) is 0 Å². The van der Waals surface area contributed by atoms with Crippen LogP contribution in [0, 0.1) is 10.1 Å². The normalized spacial score (nSPS) is 11.5. The third-order valence-electron chi connectivity index (χ3n) is 3.24. The Kier molecular flexibility index (Phi) is 6.42. The van der Waals surface area contributed by atoms with Gasteiger partial charge in [-0.3, -0.25) is 14.9 Å². The van der Waals surface area contributed by atoms with Crippen LogP contribution in [-0.2, 0) is 9.53 Å². The molecule has 7 nitrogen and oxygen atoms in total. The number of carbonyl (C=O) groups is 2. The summed E-state index contributed by atoms with van der Waals surface area (Å²) < 4.78 is 5.00. The number of carbonyl (C=O) groups excluding carboxylic acids is 2. The second-order valence-corrected chi connectivity index (χ2v) is 6.28. The van der Waals surface area contributed by atoms with Crippen LogP contribution in [0.3, 0.4) is 0 Å². The maximum Gasteiger partial charge on any atom is 0.345 e. The Morgan fingerprint density at radius 1 is 1.19 bits per heavy atom. The van der Waals surface area contributed by atoms with Gasteiger partial charge in [0.25, 0.3) is 11.6 Å². The number of esters is 1. The molecule has 1 unspecified atom stereocenters. The Bertz CT molecular complexity index is 888. The zero-order chi connectivity index (χ0) is 19.4. The monoisotopic (exact) mass is 416 g/mol. The molecule has 0 radical (unpaired) electrons. The third kappa shape index (κ3) is 4.63. The minimum absolute atomic E-state index is 0.0923. The second kappa shape index (κ2) is 8.35. The summed E-state index contributed by atoms with van der Waals surface area (Å²) in [5, 5.41) is 14.0. The molecule has 0 fully saturated rings. The number of nitro groups is 1. The van der Waals surface area contributed by atoms with E-state index in [0.29, 0.717) is 0 Å². The fourth-order valence-electron chi connectivity index (χ4n) is 1.94. The predicted molar refractivity (Wildman–Crippen MR) is 98.1 cm³/mol. The van der Waals surface area contributed by atoms with Crippen molar-refractivity contribution in [1.29, 1.82) is 0 Å². The fraction of sp³-hybridized carbons (Fsp3) is 0.125. The van der Waals surface area contributed by atoms with Gasteiger partial charge in [-0.15, -0.1) is 0 Å². The number of benzene rings is 2. The van der Waals surface area contributed by atoms with Gasteiger partial charge in [-0.1, -0.05) is 40.9 Å². The summed E-state index contributed by atoms with van der Waals surface area (Å²) in [6, 6.07) is 8.13. The number of anilines is 1. The Balaban J connectivity index is 2.13. The van der Waals surface area contributed by atoms with E-state index in [0.717, 1.165) is 12.1 Å². The molecule has 0 saturated carbocycles. The second-order valence-electron chi connectivity index (χ2n) is 5.06. The lowest BCUT2D eigenvalue weighted by Gasteiger charge is -2.14. The molecular formula is C16H11Cl3N2O5. The average molecular weight is 418 g/mol. The average Bonchev–Trinajstić information content (AvgIpc) is 2.58. The molecule has 0 heterocycles. The van der Waals surface area contributed by atoms with E-state index >= 15 is 0 Å². The highest BCUT2D eigenvalue weighted by molar-refractivity contribution is 6.44. The van der Waals surface area contributed by atoms with Crippen LogP contribution >= 0.6 is 34.8 Å². The van der Waals surface area contributed by atoms with Gasteiger partial charge in [-0.2, -0.15) is 0 Å². The van der Waals surface area contributed by atoms with Crippen LogP contribution in [0.25, 0.3) is 0 Å². The fourth-order valence-corrected chi connectivity index (χ4v) is 2.45.